The lowest BCUT2D eigenvalue weighted by molar-refractivity contribution is -0.163. The Balaban J connectivity index is 2.63. The molecule has 1 atom stereocenters. The van der Waals surface area contributed by atoms with E-state index in [0.29, 0.717) is 13.2 Å². The summed E-state index contributed by atoms with van der Waals surface area (Å²) in [6.07, 6.45) is 2.48. The van der Waals surface area contributed by atoms with Crippen LogP contribution in [0.25, 0.3) is 0 Å². The Morgan fingerprint density at radius 2 is 1.69 bits per heavy atom. The van der Waals surface area contributed by atoms with Crippen LogP contribution in [0.2, 0.25) is 0 Å². The standard InChI is InChI=1S/C22H36O4/c1-7-14-22(5,6)26-17-19(16-25-20(23)21(3,4)8-2)24-15-18-12-10-9-11-13-18/h9-13,19H,7-8,14-17H2,1-6H3. The van der Waals surface area contributed by atoms with E-state index in [-0.39, 0.29) is 24.3 Å². The van der Waals surface area contributed by atoms with Crippen LogP contribution in [0.3, 0.4) is 0 Å². The van der Waals surface area contributed by atoms with Gasteiger partial charge in [0.25, 0.3) is 0 Å². The van der Waals surface area contributed by atoms with E-state index in [1.807, 2.05) is 51.1 Å². The highest BCUT2D eigenvalue weighted by atomic mass is 16.6. The summed E-state index contributed by atoms with van der Waals surface area (Å²) in [6.45, 7) is 13.2. The molecule has 0 saturated carbocycles. The Morgan fingerprint density at radius 1 is 1.04 bits per heavy atom. The average molecular weight is 365 g/mol. The zero-order valence-corrected chi connectivity index (χ0v) is 17.3. The van der Waals surface area contributed by atoms with Gasteiger partial charge < -0.3 is 14.2 Å². The van der Waals surface area contributed by atoms with Crippen molar-refractivity contribution in [1.82, 2.24) is 0 Å². The highest BCUT2D eigenvalue weighted by Gasteiger charge is 2.28. The normalized spacial score (nSPS) is 13.5. The monoisotopic (exact) mass is 364 g/mol. The molecule has 0 fully saturated rings. The third-order valence-electron chi connectivity index (χ3n) is 4.68. The first-order valence-electron chi connectivity index (χ1n) is 9.67. The first-order valence-corrected chi connectivity index (χ1v) is 9.67. The lowest BCUT2D eigenvalue weighted by Crippen LogP contribution is -2.35. The van der Waals surface area contributed by atoms with Gasteiger partial charge in [-0.2, -0.15) is 0 Å². The fourth-order valence-corrected chi connectivity index (χ4v) is 2.43. The highest BCUT2D eigenvalue weighted by molar-refractivity contribution is 5.75. The summed E-state index contributed by atoms with van der Waals surface area (Å²) in [5.41, 5.74) is 0.396. The number of carbonyl (C=O) groups is 1. The number of carbonyl (C=O) groups excluding carboxylic acids is 1. The predicted octanol–water partition coefficient (Wildman–Crippen LogP) is 5.15. The maximum Gasteiger partial charge on any atom is 0.311 e. The minimum atomic E-state index is -0.480. The van der Waals surface area contributed by atoms with Gasteiger partial charge in [-0.1, -0.05) is 50.6 Å². The SMILES string of the molecule is CCCC(C)(C)OCC(COC(=O)C(C)(C)CC)OCc1ccccc1. The molecule has 0 aliphatic carbocycles. The van der Waals surface area contributed by atoms with Crippen LogP contribution < -0.4 is 0 Å². The summed E-state index contributed by atoms with van der Waals surface area (Å²) >= 11 is 0. The van der Waals surface area contributed by atoms with Crippen LogP contribution in [0.5, 0.6) is 0 Å². The van der Waals surface area contributed by atoms with Crippen molar-refractivity contribution in [3.8, 4) is 0 Å². The van der Waals surface area contributed by atoms with Gasteiger partial charge in [0.1, 0.15) is 12.7 Å². The smallest absolute Gasteiger partial charge is 0.311 e. The van der Waals surface area contributed by atoms with Crippen molar-refractivity contribution < 1.29 is 19.0 Å². The van der Waals surface area contributed by atoms with Gasteiger partial charge in [0.2, 0.25) is 0 Å². The van der Waals surface area contributed by atoms with Crippen LogP contribution in [0.4, 0.5) is 0 Å². The highest BCUT2D eigenvalue weighted by Crippen LogP contribution is 2.22. The van der Waals surface area contributed by atoms with Gasteiger partial charge >= 0.3 is 5.97 Å². The molecule has 1 unspecified atom stereocenters. The fourth-order valence-electron chi connectivity index (χ4n) is 2.43. The van der Waals surface area contributed by atoms with E-state index in [0.717, 1.165) is 24.8 Å². The van der Waals surface area contributed by atoms with E-state index < -0.39 is 5.41 Å². The van der Waals surface area contributed by atoms with E-state index in [1.165, 1.54) is 0 Å². The molecule has 148 valence electrons. The molecule has 0 aliphatic rings. The number of hydrogen-bond acceptors (Lipinski definition) is 4. The van der Waals surface area contributed by atoms with E-state index in [1.54, 1.807) is 0 Å². The summed E-state index contributed by atoms with van der Waals surface area (Å²) in [7, 11) is 0. The fraction of sp³-hybridized carbons (Fsp3) is 0.682. The molecule has 0 aromatic heterocycles. The molecule has 0 amide bonds. The van der Waals surface area contributed by atoms with Crippen LogP contribution in [0.15, 0.2) is 30.3 Å². The maximum absolute atomic E-state index is 12.3. The van der Waals surface area contributed by atoms with Crippen LogP contribution in [-0.2, 0) is 25.6 Å². The van der Waals surface area contributed by atoms with Crippen molar-refractivity contribution in [3.05, 3.63) is 35.9 Å². The number of hydrogen-bond donors (Lipinski definition) is 0. The third-order valence-corrected chi connectivity index (χ3v) is 4.68. The molecule has 0 spiro atoms. The molecule has 4 heteroatoms. The van der Waals surface area contributed by atoms with Crippen molar-refractivity contribution in [1.29, 1.82) is 0 Å². The molecular formula is C22H36O4. The average Bonchev–Trinajstić information content (AvgIpc) is 2.61. The van der Waals surface area contributed by atoms with E-state index in [2.05, 4.69) is 20.8 Å². The van der Waals surface area contributed by atoms with Gasteiger partial charge in [-0.3, -0.25) is 4.79 Å². The van der Waals surface area contributed by atoms with Gasteiger partial charge in [-0.25, -0.2) is 0 Å². The second-order valence-electron chi connectivity index (χ2n) is 8.08. The summed E-state index contributed by atoms with van der Waals surface area (Å²) in [5.74, 6) is -0.193. The number of esters is 1. The van der Waals surface area contributed by atoms with Crippen molar-refractivity contribution in [2.24, 2.45) is 5.41 Å². The summed E-state index contributed by atoms with van der Waals surface area (Å²) < 4.78 is 17.6. The third kappa shape index (κ3) is 8.33. The Kier molecular flexibility index (Phi) is 9.31. The quantitative estimate of drug-likeness (QED) is 0.481. The van der Waals surface area contributed by atoms with Crippen molar-refractivity contribution in [2.75, 3.05) is 13.2 Å². The Hall–Kier alpha value is -1.39. The molecule has 0 radical (unpaired) electrons. The van der Waals surface area contributed by atoms with Gasteiger partial charge in [-0.15, -0.1) is 0 Å². The molecule has 0 heterocycles. The van der Waals surface area contributed by atoms with Gasteiger partial charge in [0.05, 0.1) is 24.2 Å². The Bertz CT molecular complexity index is 522. The molecular weight excluding hydrogens is 328 g/mol. The number of benzene rings is 1. The van der Waals surface area contributed by atoms with Crippen molar-refractivity contribution in [2.45, 2.75) is 79.1 Å². The molecule has 0 saturated heterocycles. The minimum Gasteiger partial charge on any atom is -0.462 e. The molecule has 1 rings (SSSR count). The van der Waals surface area contributed by atoms with Crippen LogP contribution in [0, 0.1) is 5.41 Å². The van der Waals surface area contributed by atoms with Gasteiger partial charge in [0, 0.05) is 0 Å². The first-order chi connectivity index (χ1) is 12.2. The zero-order valence-electron chi connectivity index (χ0n) is 17.3. The largest absolute Gasteiger partial charge is 0.462 e. The van der Waals surface area contributed by atoms with Crippen molar-refractivity contribution in [3.63, 3.8) is 0 Å². The molecule has 0 bridgehead atoms. The minimum absolute atomic E-state index is 0.193. The van der Waals surface area contributed by atoms with E-state index in [9.17, 15) is 4.79 Å². The Labute approximate surface area is 159 Å². The lowest BCUT2D eigenvalue weighted by atomic mass is 9.91. The van der Waals surface area contributed by atoms with Crippen molar-refractivity contribution >= 4 is 5.97 Å². The molecule has 1 aromatic rings. The lowest BCUT2D eigenvalue weighted by Gasteiger charge is -2.28. The molecule has 26 heavy (non-hydrogen) atoms. The topological polar surface area (TPSA) is 44.8 Å². The summed E-state index contributed by atoms with van der Waals surface area (Å²) in [6, 6.07) is 9.99. The maximum atomic E-state index is 12.3. The summed E-state index contributed by atoms with van der Waals surface area (Å²) in [5, 5.41) is 0. The van der Waals surface area contributed by atoms with Crippen LogP contribution in [-0.4, -0.2) is 30.9 Å². The zero-order chi connectivity index (χ0) is 19.6. The van der Waals surface area contributed by atoms with E-state index >= 15 is 0 Å². The number of rotatable bonds is 12. The van der Waals surface area contributed by atoms with Gasteiger partial charge in [-0.05, 0) is 46.1 Å². The Morgan fingerprint density at radius 3 is 2.27 bits per heavy atom. The molecule has 1 aromatic carbocycles. The molecule has 0 N–H and O–H groups in total. The summed E-state index contributed by atoms with van der Waals surface area (Å²) in [4.78, 5) is 12.3. The van der Waals surface area contributed by atoms with Gasteiger partial charge in [0.15, 0.2) is 0 Å². The van der Waals surface area contributed by atoms with Crippen LogP contribution >= 0.6 is 0 Å². The second-order valence-corrected chi connectivity index (χ2v) is 8.08. The first kappa shape index (κ1) is 22.7. The van der Waals surface area contributed by atoms with Crippen LogP contribution in [0.1, 0.15) is 66.4 Å². The molecule has 4 nitrogen and oxygen atoms in total. The predicted molar refractivity (Wildman–Crippen MR) is 105 cm³/mol. The number of ether oxygens (including phenoxy) is 3. The molecule has 0 aliphatic heterocycles. The van der Waals surface area contributed by atoms with E-state index in [4.69, 9.17) is 14.2 Å². The second kappa shape index (κ2) is 10.7.